The van der Waals surface area contributed by atoms with Crippen LogP contribution in [0.25, 0.3) is 0 Å². The molecule has 0 saturated heterocycles. The molecule has 0 saturated carbocycles. The van der Waals surface area contributed by atoms with Crippen molar-refractivity contribution in [2.24, 2.45) is 0 Å². The summed E-state index contributed by atoms with van der Waals surface area (Å²) in [4.78, 5) is 0. The van der Waals surface area contributed by atoms with Crippen LogP contribution in [0.2, 0.25) is 0 Å². The Bertz CT molecular complexity index is 338. The number of hydrogen-bond acceptors (Lipinski definition) is 3. The van der Waals surface area contributed by atoms with Crippen molar-refractivity contribution in [1.82, 2.24) is 5.32 Å². The number of benzene rings is 1. The Morgan fingerprint density at radius 3 is 3.13 bits per heavy atom. The average Bonchev–Trinajstić information content (AvgIpc) is 2.28. The van der Waals surface area contributed by atoms with Gasteiger partial charge in [0.25, 0.3) is 0 Å². The standard InChI is InChI=1S/C12H17NO2/c1-3-13-12-7-5-9-4-6-10(14-2)8-11(9)15-12/h4,6,8,12-13H,3,5,7H2,1-2H3. The molecule has 1 aromatic carbocycles. The Hall–Kier alpha value is -1.22. The smallest absolute Gasteiger partial charge is 0.150 e. The van der Waals surface area contributed by atoms with Crippen LogP contribution >= 0.6 is 0 Å². The van der Waals surface area contributed by atoms with E-state index in [0.29, 0.717) is 0 Å². The van der Waals surface area contributed by atoms with Gasteiger partial charge in [0.2, 0.25) is 0 Å². The molecule has 1 aromatic rings. The monoisotopic (exact) mass is 207 g/mol. The second kappa shape index (κ2) is 4.53. The van der Waals surface area contributed by atoms with Gasteiger partial charge < -0.3 is 9.47 Å². The largest absolute Gasteiger partial charge is 0.497 e. The number of rotatable bonds is 3. The minimum absolute atomic E-state index is 0.148. The van der Waals surface area contributed by atoms with Gasteiger partial charge in [-0.3, -0.25) is 5.32 Å². The first-order valence-corrected chi connectivity index (χ1v) is 5.40. The lowest BCUT2D eigenvalue weighted by atomic mass is 10.0. The van der Waals surface area contributed by atoms with Crippen LogP contribution < -0.4 is 14.8 Å². The van der Waals surface area contributed by atoms with E-state index in [4.69, 9.17) is 9.47 Å². The fraction of sp³-hybridized carbons (Fsp3) is 0.500. The molecule has 0 amide bonds. The van der Waals surface area contributed by atoms with E-state index in [9.17, 15) is 0 Å². The van der Waals surface area contributed by atoms with Crippen molar-refractivity contribution < 1.29 is 9.47 Å². The number of aryl methyl sites for hydroxylation is 1. The molecule has 1 N–H and O–H groups in total. The van der Waals surface area contributed by atoms with E-state index in [1.54, 1.807) is 7.11 Å². The molecule has 1 aliphatic heterocycles. The Labute approximate surface area is 90.4 Å². The predicted molar refractivity (Wildman–Crippen MR) is 59.4 cm³/mol. The summed E-state index contributed by atoms with van der Waals surface area (Å²) in [5.41, 5.74) is 1.27. The lowest BCUT2D eigenvalue weighted by Crippen LogP contribution is -2.37. The molecule has 2 rings (SSSR count). The molecule has 3 heteroatoms. The topological polar surface area (TPSA) is 30.5 Å². The van der Waals surface area contributed by atoms with Gasteiger partial charge in [0, 0.05) is 12.5 Å². The van der Waals surface area contributed by atoms with E-state index in [1.807, 2.05) is 12.1 Å². The van der Waals surface area contributed by atoms with Crippen LogP contribution in [-0.4, -0.2) is 19.9 Å². The average molecular weight is 207 g/mol. The normalized spacial score (nSPS) is 19.2. The first kappa shape index (κ1) is 10.3. The fourth-order valence-corrected chi connectivity index (χ4v) is 1.85. The molecule has 0 bridgehead atoms. The molecule has 82 valence electrons. The highest BCUT2D eigenvalue weighted by Crippen LogP contribution is 2.30. The summed E-state index contributed by atoms with van der Waals surface area (Å²) in [6.07, 6.45) is 2.25. The van der Waals surface area contributed by atoms with Gasteiger partial charge in [-0.25, -0.2) is 0 Å². The fourth-order valence-electron chi connectivity index (χ4n) is 1.85. The molecule has 0 fully saturated rings. The van der Waals surface area contributed by atoms with Gasteiger partial charge in [-0.1, -0.05) is 13.0 Å². The van der Waals surface area contributed by atoms with Crippen LogP contribution in [0.15, 0.2) is 18.2 Å². The summed E-state index contributed by atoms with van der Waals surface area (Å²) in [7, 11) is 1.67. The number of methoxy groups -OCH3 is 1. The molecule has 0 spiro atoms. The number of ether oxygens (including phenoxy) is 2. The van der Waals surface area contributed by atoms with Crippen molar-refractivity contribution in [1.29, 1.82) is 0 Å². The summed E-state index contributed by atoms with van der Waals surface area (Å²) in [6.45, 7) is 3.02. The van der Waals surface area contributed by atoms with Crippen LogP contribution in [0, 0.1) is 0 Å². The molecule has 1 atom stereocenters. The summed E-state index contributed by atoms with van der Waals surface area (Å²) in [5.74, 6) is 1.80. The maximum Gasteiger partial charge on any atom is 0.150 e. The minimum atomic E-state index is 0.148. The molecule has 0 aromatic heterocycles. The third kappa shape index (κ3) is 2.23. The summed E-state index contributed by atoms with van der Waals surface area (Å²) >= 11 is 0. The molecular formula is C12H17NO2. The van der Waals surface area contributed by atoms with Crippen LogP contribution in [0.5, 0.6) is 11.5 Å². The van der Waals surface area contributed by atoms with Crippen LogP contribution in [0.1, 0.15) is 18.9 Å². The van der Waals surface area contributed by atoms with Crippen LogP contribution in [0.4, 0.5) is 0 Å². The summed E-state index contributed by atoms with van der Waals surface area (Å²) in [6, 6.07) is 6.02. The summed E-state index contributed by atoms with van der Waals surface area (Å²) in [5, 5.41) is 3.30. The van der Waals surface area contributed by atoms with Gasteiger partial charge in [0.05, 0.1) is 7.11 Å². The van der Waals surface area contributed by atoms with E-state index in [1.165, 1.54) is 5.56 Å². The highest BCUT2D eigenvalue weighted by Gasteiger charge is 2.18. The maximum absolute atomic E-state index is 5.82. The predicted octanol–water partition coefficient (Wildman–Crippen LogP) is 1.96. The van der Waals surface area contributed by atoms with E-state index in [-0.39, 0.29) is 6.23 Å². The van der Waals surface area contributed by atoms with Crippen molar-refractivity contribution in [3.05, 3.63) is 23.8 Å². The molecule has 0 aliphatic carbocycles. The van der Waals surface area contributed by atoms with Gasteiger partial charge in [-0.15, -0.1) is 0 Å². The quantitative estimate of drug-likeness (QED) is 0.821. The van der Waals surface area contributed by atoms with Crippen molar-refractivity contribution in [3.63, 3.8) is 0 Å². The van der Waals surface area contributed by atoms with Gasteiger partial charge in [-0.2, -0.15) is 0 Å². The first-order chi connectivity index (χ1) is 7.33. The second-order valence-corrected chi connectivity index (χ2v) is 3.68. The molecular weight excluding hydrogens is 190 g/mol. The summed E-state index contributed by atoms with van der Waals surface area (Å²) < 4.78 is 11.0. The Kier molecular flexibility index (Phi) is 3.11. The van der Waals surface area contributed by atoms with E-state index in [2.05, 4.69) is 18.3 Å². The van der Waals surface area contributed by atoms with E-state index < -0.39 is 0 Å². The maximum atomic E-state index is 5.82. The number of hydrogen-bond donors (Lipinski definition) is 1. The molecule has 15 heavy (non-hydrogen) atoms. The SMILES string of the molecule is CCNC1CCc2ccc(OC)cc2O1. The highest BCUT2D eigenvalue weighted by atomic mass is 16.5. The first-order valence-electron chi connectivity index (χ1n) is 5.40. The van der Waals surface area contributed by atoms with Gasteiger partial charge in [0.15, 0.2) is 6.23 Å². The molecule has 3 nitrogen and oxygen atoms in total. The van der Waals surface area contributed by atoms with Crippen molar-refractivity contribution in [2.75, 3.05) is 13.7 Å². The van der Waals surface area contributed by atoms with Gasteiger partial charge in [-0.05, 0) is 24.6 Å². The lowest BCUT2D eigenvalue weighted by molar-refractivity contribution is 0.140. The van der Waals surface area contributed by atoms with E-state index in [0.717, 1.165) is 30.9 Å². The zero-order chi connectivity index (χ0) is 10.7. The zero-order valence-corrected chi connectivity index (χ0v) is 9.25. The Balaban J connectivity index is 2.16. The van der Waals surface area contributed by atoms with Crippen LogP contribution in [-0.2, 0) is 6.42 Å². The third-order valence-electron chi connectivity index (χ3n) is 2.65. The van der Waals surface area contributed by atoms with Crippen molar-refractivity contribution in [3.8, 4) is 11.5 Å². The lowest BCUT2D eigenvalue weighted by Gasteiger charge is -2.26. The molecule has 0 radical (unpaired) electrons. The van der Waals surface area contributed by atoms with Crippen LogP contribution in [0.3, 0.4) is 0 Å². The minimum Gasteiger partial charge on any atom is -0.497 e. The van der Waals surface area contributed by atoms with Crippen molar-refractivity contribution in [2.45, 2.75) is 26.0 Å². The Morgan fingerprint density at radius 2 is 2.40 bits per heavy atom. The number of nitrogens with one attached hydrogen (secondary N) is 1. The highest BCUT2D eigenvalue weighted by molar-refractivity contribution is 5.41. The Morgan fingerprint density at radius 1 is 1.53 bits per heavy atom. The molecule has 1 unspecified atom stereocenters. The molecule has 1 heterocycles. The van der Waals surface area contributed by atoms with Gasteiger partial charge >= 0.3 is 0 Å². The second-order valence-electron chi connectivity index (χ2n) is 3.68. The number of fused-ring (bicyclic) bond motifs is 1. The van der Waals surface area contributed by atoms with Crippen molar-refractivity contribution >= 4 is 0 Å². The molecule has 1 aliphatic rings. The van der Waals surface area contributed by atoms with Gasteiger partial charge in [0.1, 0.15) is 11.5 Å². The van der Waals surface area contributed by atoms with E-state index >= 15 is 0 Å². The zero-order valence-electron chi connectivity index (χ0n) is 9.25. The third-order valence-corrected chi connectivity index (χ3v) is 2.65.